The topological polar surface area (TPSA) is 66.6 Å². The summed E-state index contributed by atoms with van der Waals surface area (Å²) in [5, 5.41) is 15.3. The van der Waals surface area contributed by atoms with Gasteiger partial charge in [-0.1, -0.05) is 6.07 Å². The van der Waals surface area contributed by atoms with Crippen molar-refractivity contribution < 1.29 is 4.79 Å². The molecule has 1 aliphatic carbocycles. The quantitative estimate of drug-likeness (QED) is 0.704. The highest BCUT2D eigenvalue weighted by molar-refractivity contribution is 7.10. The minimum atomic E-state index is 0.213. The smallest absolute Gasteiger partial charge is 0.227 e. The number of thiophene rings is 1. The van der Waals surface area contributed by atoms with Gasteiger partial charge in [-0.2, -0.15) is 4.52 Å². The van der Waals surface area contributed by atoms with E-state index in [2.05, 4.69) is 15.1 Å². The van der Waals surface area contributed by atoms with Crippen LogP contribution in [0.4, 0.5) is 5.82 Å². The van der Waals surface area contributed by atoms with E-state index in [1.165, 1.54) is 12.8 Å². The summed E-state index contributed by atoms with van der Waals surface area (Å²) in [7, 11) is 0. The fraction of sp³-hybridized carbons (Fsp3) is 0.444. The number of anilines is 1. The maximum absolute atomic E-state index is 12.5. The molecule has 1 saturated carbocycles. The largest absolute Gasteiger partial charge is 0.352 e. The van der Waals surface area contributed by atoms with Crippen LogP contribution in [-0.2, 0) is 11.2 Å². The third kappa shape index (κ3) is 2.94. The SMILES string of the molecule is O=C(Cc1cccs1)N1CCN(c2ccc3nnc(C4CC4)n3n2)CC1. The summed E-state index contributed by atoms with van der Waals surface area (Å²) in [6, 6.07) is 8.00. The molecule has 0 unspecified atom stereocenters. The highest BCUT2D eigenvalue weighted by atomic mass is 32.1. The molecule has 2 aliphatic rings. The lowest BCUT2D eigenvalue weighted by atomic mass is 10.2. The van der Waals surface area contributed by atoms with E-state index in [1.54, 1.807) is 11.3 Å². The maximum Gasteiger partial charge on any atom is 0.227 e. The summed E-state index contributed by atoms with van der Waals surface area (Å²) in [5.74, 6) is 2.64. The number of carbonyl (C=O) groups is 1. The second-order valence-electron chi connectivity index (χ2n) is 6.92. The molecule has 0 spiro atoms. The number of piperazine rings is 1. The van der Waals surface area contributed by atoms with E-state index in [0.717, 1.165) is 48.3 Å². The van der Waals surface area contributed by atoms with Crippen molar-refractivity contribution in [1.29, 1.82) is 0 Å². The van der Waals surface area contributed by atoms with Gasteiger partial charge in [0.05, 0.1) is 6.42 Å². The zero-order valence-electron chi connectivity index (χ0n) is 14.4. The van der Waals surface area contributed by atoms with Crippen molar-refractivity contribution in [3.05, 3.63) is 40.3 Å². The number of nitrogens with zero attached hydrogens (tertiary/aromatic N) is 6. The Kier molecular flexibility index (Phi) is 3.85. The number of fused-ring (bicyclic) bond motifs is 1. The fourth-order valence-electron chi connectivity index (χ4n) is 3.42. The molecule has 1 aliphatic heterocycles. The molecule has 7 nitrogen and oxygen atoms in total. The Morgan fingerprint density at radius 1 is 1.12 bits per heavy atom. The van der Waals surface area contributed by atoms with Crippen LogP contribution in [0.5, 0.6) is 0 Å². The first-order chi connectivity index (χ1) is 12.8. The lowest BCUT2D eigenvalue weighted by Gasteiger charge is -2.35. The molecule has 1 saturated heterocycles. The number of aromatic nitrogens is 4. The lowest BCUT2D eigenvalue weighted by Crippen LogP contribution is -2.49. The second-order valence-corrected chi connectivity index (χ2v) is 7.95. The summed E-state index contributed by atoms with van der Waals surface area (Å²) in [5.41, 5.74) is 0.806. The van der Waals surface area contributed by atoms with Gasteiger partial charge in [-0.3, -0.25) is 4.79 Å². The highest BCUT2D eigenvalue weighted by Crippen LogP contribution is 2.38. The number of amides is 1. The molecule has 3 aromatic heterocycles. The van der Waals surface area contributed by atoms with Crippen LogP contribution in [0, 0.1) is 0 Å². The van der Waals surface area contributed by atoms with Crippen molar-refractivity contribution in [2.45, 2.75) is 25.2 Å². The molecule has 1 amide bonds. The zero-order chi connectivity index (χ0) is 17.5. The van der Waals surface area contributed by atoms with Crippen LogP contribution in [0.15, 0.2) is 29.6 Å². The van der Waals surface area contributed by atoms with Gasteiger partial charge < -0.3 is 9.80 Å². The van der Waals surface area contributed by atoms with Gasteiger partial charge in [-0.05, 0) is 36.4 Å². The molecular formula is C18H20N6OS. The van der Waals surface area contributed by atoms with Gasteiger partial charge in [0, 0.05) is 37.0 Å². The van der Waals surface area contributed by atoms with Crippen LogP contribution in [0.3, 0.4) is 0 Å². The highest BCUT2D eigenvalue weighted by Gasteiger charge is 2.30. The molecule has 0 aromatic carbocycles. The van der Waals surface area contributed by atoms with Crippen molar-refractivity contribution in [2.75, 3.05) is 31.1 Å². The average Bonchev–Trinajstić information content (AvgIpc) is 3.22. The zero-order valence-corrected chi connectivity index (χ0v) is 15.2. The number of hydrogen-bond donors (Lipinski definition) is 0. The summed E-state index contributed by atoms with van der Waals surface area (Å²) >= 11 is 1.64. The second kappa shape index (κ2) is 6.35. The van der Waals surface area contributed by atoms with Gasteiger partial charge >= 0.3 is 0 Å². The van der Waals surface area contributed by atoms with Crippen molar-refractivity contribution in [1.82, 2.24) is 24.7 Å². The molecule has 8 heteroatoms. The van der Waals surface area contributed by atoms with Crippen LogP contribution in [-0.4, -0.2) is 56.8 Å². The molecule has 5 rings (SSSR count). The number of carbonyl (C=O) groups excluding carboxylic acids is 1. The first kappa shape index (κ1) is 15.7. The van der Waals surface area contributed by atoms with E-state index >= 15 is 0 Å². The Labute approximate surface area is 155 Å². The number of rotatable bonds is 4. The molecule has 2 fully saturated rings. The molecule has 0 N–H and O–H groups in total. The Balaban J connectivity index is 1.27. The molecule has 26 heavy (non-hydrogen) atoms. The van der Waals surface area contributed by atoms with Gasteiger partial charge in [0.25, 0.3) is 0 Å². The monoisotopic (exact) mass is 368 g/mol. The fourth-order valence-corrected chi connectivity index (χ4v) is 4.12. The molecule has 0 atom stereocenters. The van der Waals surface area contributed by atoms with Crippen LogP contribution < -0.4 is 4.90 Å². The summed E-state index contributed by atoms with van der Waals surface area (Å²) in [6.45, 7) is 3.08. The standard InChI is InChI=1S/C18H20N6OS/c25-17(12-14-2-1-11-26-14)23-9-7-22(8-10-23)16-6-5-15-19-20-18(13-3-4-13)24(15)21-16/h1-2,5-6,11,13H,3-4,7-10,12H2. The van der Waals surface area contributed by atoms with Crippen molar-refractivity contribution in [3.8, 4) is 0 Å². The minimum absolute atomic E-state index is 0.213. The maximum atomic E-state index is 12.5. The average molecular weight is 368 g/mol. The van der Waals surface area contributed by atoms with Gasteiger partial charge in [-0.25, -0.2) is 0 Å². The van der Waals surface area contributed by atoms with Gasteiger partial charge in [0.1, 0.15) is 5.82 Å². The van der Waals surface area contributed by atoms with Crippen LogP contribution in [0.1, 0.15) is 29.5 Å². The first-order valence-electron chi connectivity index (χ1n) is 9.05. The van der Waals surface area contributed by atoms with E-state index in [1.807, 2.05) is 39.1 Å². The van der Waals surface area contributed by atoms with Crippen molar-refractivity contribution >= 4 is 28.7 Å². The lowest BCUT2D eigenvalue weighted by molar-refractivity contribution is -0.130. The van der Waals surface area contributed by atoms with E-state index in [4.69, 9.17) is 5.10 Å². The third-order valence-electron chi connectivity index (χ3n) is 5.08. The summed E-state index contributed by atoms with van der Waals surface area (Å²) in [6.07, 6.45) is 2.86. The van der Waals surface area contributed by atoms with Crippen LogP contribution in [0.2, 0.25) is 0 Å². The van der Waals surface area contributed by atoms with Crippen LogP contribution >= 0.6 is 11.3 Å². The summed E-state index contributed by atoms with van der Waals surface area (Å²) < 4.78 is 1.89. The normalized spacial score (nSPS) is 17.8. The molecule has 0 radical (unpaired) electrons. The van der Waals surface area contributed by atoms with E-state index < -0.39 is 0 Å². The third-order valence-corrected chi connectivity index (χ3v) is 5.95. The number of hydrogen-bond acceptors (Lipinski definition) is 6. The Hall–Kier alpha value is -2.48. The van der Waals surface area contributed by atoms with Crippen molar-refractivity contribution in [3.63, 3.8) is 0 Å². The summed E-state index contributed by atoms with van der Waals surface area (Å²) in [4.78, 5) is 17.8. The van der Waals surface area contributed by atoms with Crippen molar-refractivity contribution in [2.24, 2.45) is 0 Å². The predicted octanol–water partition coefficient (Wildman–Crippen LogP) is 1.95. The Morgan fingerprint density at radius 3 is 2.69 bits per heavy atom. The molecule has 3 aromatic rings. The molecule has 4 heterocycles. The van der Waals surface area contributed by atoms with Gasteiger partial charge in [0.15, 0.2) is 11.5 Å². The Morgan fingerprint density at radius 2 is 1.96 bits per heavy atom. The van der Waals surface area contributed by atoms with Gasteiger partial charge in [0.2, 0.25) is 5.91 Å². The van der Waals surface area contributed by atoms with E-state index in [-0.39, 0.29) is 5.91 Å². The van der Waals surface area contributed by atoms with Gasteiger partial charge in [-0.15, -0.1) is 26.6 Å². The van der Waals surface area contributed by atoms with Crippen LogP contribution in [0.25, 0.3) is 5.65 Å². The molecular weight excluding hydrogens is 348 g/mol. The molecule has 0 bridgehead atoms. The Bertz CT molecular complexity index is 924. The van der Waals surface area contributed by atoms with E-state index in [0.29, 0.717) is 12.3 Å². The van der Waals surface area contributed by atoms with E-state index in [9.17, 15) is 4.79 Å². The first-order valence-corrected chi connectivity index (χ1v) is 9.93. The predicted molar refractivity (Wildman–Crippen MR) is 99.6 cm³/mol. The molecule has 134 valence electrons. The minimum Gasteiger partial charge on any atom is -0.352 e.